The van der Waals surface area contributed by atoms with Gasteiger partial charge in [-0.2, -0.15) is 0 Å². The zero-order chi connectivity index (χ0) is 14.5. The van der Waals surface area contributed by atoms with Crippen LogP contribution in [0.25, 0.3) is 0 Å². The number of carbonyl (C=O) groups excluding carboxylic acids is 1. The number of nitrogens with zero attached hydrogens (tertiary/aromatic N) is 2. The van der Waals surface area contributed by atoms with Gasteiger partial charge in [-0.15, -0.1) is 12.4 Å². The van der Waals surface area contributed by atoms with Gasteiger partial charge in [-0.1, -0.05) is 6.07 Å². The van der Waals surface area contributed by atoms with Gasteiger partial charge in [0.2, 0.25) is 0 Å². The average molecular weight is 312 g/mol. The lowest BCUT2D eigenvalue weighted by Crippen LogP contribution is -2.40. The van der Waals surface area contributed by atoms with Crippen LogP contribution in [0.15, 0.2) is 24.3 Å². The van der Waals surface area contributed by atoms with Crippen molar-refractivity contribution in [3.05, 3.63) is 29.8 Å². The van der Waals surface area contributed by atoms with Gasteiger partial charge in [-0.05, 0) is 50.6 Å². The first kappa shape index (κ1) is 17.8. The lowest BCUT2D eigenvalue weighted by molar-refractivity contribution is 0.0691. The summed E-state index contributed by atoms with van der Waals surface area (Å²) in [6.45, 7) is 2.80. The summed E-state index contributed by atoms with van der Waals surface area (Å²) in [6, 6.07) is 7.86. The molecule has 1 saturated heterocycles. The summed E-state index contributed by atoms with van der Waals surface area (Å²) in [5.41, 5.74) is 1.86. The van der Waals surface area contributed by atoms with Gasteiger partial charge in [-0.3, -0.25) is 4.79 Å². The monoisotopic (exact) mass is 311 g/mol. The fraction of sp³-hybridized carbons (Fsp3) is 0.562. The second-order valence-corrected chi connectivity index (χ2v) is 5.74. The molecule has 1 heterocycles. The Morgan fingerprint density at radius 1 is 1.33 bits per heavy atom. The van der Waals surface area contributed by atoms with Crippen molar-refractivity contribution in [2.24, 2.45) is 5.92 Å². The van der Waals surface area contributed by atoms with Crippen LogP contribution >= 0.6 is 12.4 Å². The summed E-state index contributed by atoms with van der Waals surface area (Å²) in [6.07, 6.45) is 2.19. The summed E-state index contributed by atoms with van der Waals surface area (Å²) in [7, 11) is 5.98. The van der Waals surface area contributed by atoms with Crippen molar-refractivity contribution in [2.75, 3.05) is 45.7 Å². The smallest absolute Gasteiger partial charge is 0.253 e. The first-order valence-corrected chi connectivity index (χ1v) is 7.33. The second kappa shape index (κ2) is 8.25. The standard InChI is InChI=1S/C16H25N3O.ClH/c1-17-12-13-7-9-19(10-8-13)16(20)14-5-4-6-15(11-14)18(2)3;/h4-6,11,13,17H,7-10,12H2,1-3H3;1H. The van der Waals surface area contributed by atoms with Crippen molar-refractivity contribution in [1.29, 1.82) is 0 Å². The topological polar surface area (TPSA) is 35.6 Å². The van der Waals surface area contributed by atoms with E-state index in [0.29, 0.717) is 5.92 Å². The molecule has 1 aliphatic rings. The number of hydrogen-bond acceptors (Lipinski definition) is 3. The van der Waals surface area contributed by atoms with Gasteiger partial charge in [-0.25, -0.2) is 0 Å². The lowest BCUT2D eigenvalue weighted by Gasteiger charge is -2.32. The third-order valence-electron chi connectivity index (χ3n) is 4.00. The van der Waals surface area contributed by atoms with E-state index in [0.717, 1.165) is 43.7 Å². The molecule has 1 aromatic carbocycles. The molecule has 0 atom stereocenters. The van der Waals surface area contributed by atoms with Crippen LogP contribution < -0.4 is 10.2 Å². The summed E-state index contributed by atoms with van der Waals surface area (Å²) >= 11 is 0. The number of likely N-dealkylation sites (tertiary alicyclic amines) is 1. The van der Waals surface area contributed by atoms with Gasteiger partial charge in [0.05, 0.1) is 0 Å². The van der Waals surface area contributed by atoms with Crippen LogP contribution in [0.4, 0.5) is 5.69 Å². The molecule has 0 saturated carbocycles. The van der Waals surface area contributed by atoms with E-state index in [9.17, 15) is 4.79 Å². The Bertz CT molecular complexity index is 457. The molecule has 1 fully saturated rings. The first-order valence-electron chi connectivity index (χ1n) is 7.33. The van der Waals surface area contributed by atoms with Crippen molar-refractivity contribution >= 4 is 24.0 Å². The molecular weight excluding hydrogens is 286 g/mol. The SMILES string of the molecule is CNCC1CCN(C(=O)c2cccc(N(C)C)c2)CC1.Cl. The van der Waals surface area contributed by atoms with Gasteiger partial charge < -0.3 is 15.1 Å². The van der Waals surface area contributed by atoms with Crippen LogP contribution in [0.3, 0.4) is 0 Å². The zero-order valence-corrected chi connectivity index (χ0v) is 13.9. The second-order valence-electron chi connectivity index (χ2n) is 5.74. The summed E-state index contributed by atoms with van der Waals surface area (Å²) in [4.78, 5) is 16.5. The molecule has 1 aromatic rings. The number of amides is 1. The van der Waals surface area contributed by atoms with Crippen molar-refractivity contribution in [2.45, 2.75) is 12.8 Å². The van der Waals surface area contributed by atoms with Crippen LogP contribution in [0.5, 0.6) is 0 Å². The van der Waals surface area contributed by atoms with Crippen molar-refractivity contribution in [3.8, 4) is 0 Å². The number of hydrogen-bond donors (Lipinski definition) is 1. The Kier molecular flexibility index (Phi) is 6.99. The molecule has 118 valence electrons. The molecule has 0 unspecified atom stereocenters. The Labute approximate surface area is 133 Å². The van der Waals surface area contributed by atoms with Crippen LogP contribution in [0, 0.1) is 5.92 Å². The van der Waals surface area contributed by atoms with Crippen molar-refractivity contribution in [1.82, 2.24) is 10.2 Å². The summed E-state index contributed by atoms with van der Waals surface area (Å²) in [5, 5.41) is 3.22. The molecule has 0 bridgehead atoms. The zero-order valence-electron chi connectivity index (χ0n) is 13.1. The average Bonchev–Trinajstić information content (AvgIpc) is 2.48. The number of nitrogens with one attached hydrogen (secondary N) is 1. The molecular formula is C16H26ClN3O. The third kappa shape index (κ3) is 4.61. The highest BCUT2D eigenvalue weighted by Crippen LogP contribution is 2.20. The van der Waals surface area contributed by atoms with Crippen LogP contribution in [0.2, 0.25) is 0 Å². The summed E-state index contributed by atoms with van der Waals surface area (Å²) in [5.74, 6) is 0.869. The molecule has 0 radical (unpaired) electrons. The Hall–Kier alpha value is -1.26. The Balaban J connectivity index is 0.00000220. The fourth-order valence-corrected chi connectivity index (χ4v) is 2.73. The largest absolute Gasteiger partial charge is 0.378 e. The highest BCUT2D eigenvalue weighted by atomic mass is 35.5. The van der Waals surface area contributed by atoms with Gasteiger partial charge in [0, 0.05) is 38.4 Å². The lowest BCUT2D eigenvalue weighted by atomic mass is 9.96. The van der Waals surface area contributed by atoms with Gasteiger partial charge in [0.25, 0.3) is 5.91 Å². The molecule has 0 aliphatic carbocycles. The van der Waals surface area contributed by atoms with Crippen LogP contribution in [-0.4, -0.2) is 51.6 Å². The van der Waals surface area contributed by atoms with E-state index in [4.69, 9.17) is 0 Å². The van der Waals surface area contributed by atoms with E-state index in [1.165, 1.54) is 0 Å². The van der Waals surface area contributed by atoms with Gasteiger partial charge in [0.1, 0.15) is 0 Å². The molecule has 4 nitrogen and oxygen atoms in total. The normalized spacial score (nSPS) is 15.5. The fourth-order valence-electron chi connectivity index (χ4n) is 2.73. The minimum absolute atomic E-state index is 0. The first-order chi connectivity index (χ1) is 9.61. The summed E-state index contributed by atoms with van der Waals surface area (Å²) < 4.78 is 0. The van der Waals surface area contributed by atoms with E-state index in [-0.39, 0.29) is 18.3 Å². The molecule has 0 aromatic heterocycles. The maximum Gasteiger partial charge on any atom is 0.253 e. The van der Waals surface area contributed by atoms with E-state index in [1.54, 1.807) is 0 Å². The van der Waals surface area contributed by atoms with Crippen molar-refractivity contribution < 1.29 is 4.79 Å². The quantitative estimate of drug-likeness (QED) is 0.926. The Morgan fingerprint density at radius 3 is 2.57 bits per heavy atom. The Morgan fingerprint density at radius 2 is 2.00 bits per heavy atom. The van der Waals surface area contributed by atoms with Gasteiger partial charge in [0.15, 0.2) is 0 Å². The molecule has 1 amide bonds. The molecule has 2 rings (SSSR count). The predicted molar refractivity (Wildman–Crippen MR) is 90.6 cm³/mol. The number of halogens is 1. The van der Waals surface area contributed by atoms with Crippen LogP contribution in [-0.2, 0) is 0 Å². The molecule has 5 heteroatoms. The van der Waals surface area contributed by atoms with Crippen LogP contribution in [0.1, 0.15) is 23.2 Å². The minimum Gasteiger partial charge on any atom is -0.378 e. The maximum absolute atomic E-state index is 12.5. The third-order valence-corrected chi connectivity index (χ3v) is 4.00. The molecule has 1 aliphatic heterocycles. The number of anilines is 1. The maximum atomic E-state index is 12.5. The molecule has 1 N–H and O–H groups in total. The number of piperidine rings is 1. The van der Waals surface area contributed by atoms with E-state index >= 15 is 0 Å². The highest BCUT2D eigenvalue weighted by molar-refractivity contribution is 5.95. The van der Waals surface area contributed by atoms with E-state index in [1.807, 2.05) is 55.2 Å². The van der Waals surface area contributed by atoms with E-state index < -0.39 is 0 Å². The van der Waals surface area contributed by atoms with Gasteiger partial charge >= 0.3 is 0 Å². The van der Waals surface area contributed by atoms with Crippen molar-refractivity contribution in [3.63, 3.8) is 0 Å². The van der Waals surface area contributed by atoms with E-state index in [2.05, 4.69) is 5.32 Å². The highest BCUT2D eigenvalue weighted by Gasteiger charge is 2.23. The molecule has 0 spiro atoms. The minimum atomic E-state index is 0. The predicted octanol–water partition coefficient (Wildman–Crippen LogP) is 2.25. The number of benzene rings is 1. The number of rotatable bonds is 4. The molecule has 21 heavy (non-hydrogen) atoms. The number of carbonyl (C=O) groups is 1.